The third kappa shape index (κ3) is 23.1. The summed E-state index contributed by atoms with van der Waals surface area (Å²) in [7, 11) is 0. The lowest BCUT2D eigenvalue weighted by Gasteiger charge is -2.30. The summed E-state index contributed by atoms with van der Waals surface area (Å²) in [5.41, 5.74) is 7.39. The van der Waals surface area contributed by atoms with Gasteiger partial charge in [-0.15, -0.1) is 0 Å². The number of hydrogen-bond acceptors (Lipinski definition) is 14. The van der Waals surface area contributed by atoms with Crippen molar-refractivity contribution in [2.75, 3.05) is 0 Å². The molecule has 26 heteroatoms. The van der Waals surface area contributed by atoms with E-state index in [9.17, 15) is 83.1 Å². The number of nitrogens with two attached hydrogens (primary N) is 1. The summed E-state index contributed by atoms with van der Waals surface area (Å²) in [5.74, 6) is -16.5. The molecule has 15 N–H and O–H groups in total. The Bertz CT molecular complexity index is 2410. The molecule has 11 atom stereocenters. The molecule has 0 saturated carbocycles. The standard InChI is InChI=1S/C52H75N9O17/c1-8-28(6)42(50(75)61-43(29(7)62)51(76)58-35(23-31-17-13-10-14-18-31)49(74)59-41(27(4)5)52(77)78)60-45(70)33(19-20-38(63)64)54-47(72)36(24-39(65)66)57-48(73)37(25-40(67)68)56-46(71)34(21-26(2)3)55-44(69)32(53)22-30-15-11-9-12-16-30/h9-18,26-29,32-37,41-43,62H,8,19-25,53H2,1-7H3,(H,54,72)(H,55,69)(H,56,71)(H,57,73)(H,58,76)(H,59,74)(H,60,70)(H,61,75)(H,63,64)(H,65,66)(H,67,68)(H,77,78). The Kier molecular flexibility index (Phi) is 27.6. The number of carboxylic acid groups (broad SMARTS) is 4. The largest absolute Gasteiger partial charge is 0.481 e. The zero-order valence-electron chi connectivity index (χ0n) is 44.6. The van der Waals surface area contributed by atoms with E-state index in [1.807, 2.05) is 0 Å². The van der Waals surface area contributed by atoms with Crippen molar-refractivity contribution in [1.82, 2.24) is 42.5 Å². The van der Waals surface area contributed by atoms with Gasteiger partial charge in [-0.25, -0.2) is 4.79 Å². The predicted molar refractivity (Wildman–Crippen MR) is 278 cm³/mol. The Hall–Kier alpha value is -8.00. The number of aliphatic hydroxyl groups is 1. The molecule has 0 fully saturated rings. The first kappa shape index (κ1) is 66.1. The molecule has 2 aromatic rings. The molecule has 0 aliphatic rings. The van der Waals surface area contributed by atoms with Gasteiger partial charge in [0.25, 0.3) is 0 Å². The van der Waals surface area contributed by atoms with Crippen LogP contribution in [0.15, 0.2) is 60.7 Å². The summed E-state index contributed by atoms with van der Waals surface area (Å²) in [5, 5.41) is 68.2. The molecule has 78 heavy (non-hydrogen) atoms. The van der Waals surface area contributed by atoms with Crippen LogP contribution in [0.3, 0.4) is 0 Å². The fourth-order valence-electron chi connectivity index (χ4n) is 7.76. The van der Waals surface area contributed by atoms with E-state index >= 15 is 0 Å². The molecule has 11 unspecified atom stereocenters. The number of carboxylic acids is 4. The van der Waals surface area contributed by atoms with Gasteiger partial charge in [0.15, 0.2) is 0 Å². The number of carbonyl (C=O) groups is 12. The molecular weight excluding hydrogens is 1020 g/mol. The highest BCUT2D eigenvalue weighted by atomic mass is 16.4. The van der Waals surface area contributed by atoms with Gasteiger partial charge >= 0.3 is 23.9 Å². The van der Waals surface area contributed by atoms with Crippen molar-refractivity contribution in [3.63, 3.8) is 0 Å². The van der Waals surface area contributed by atoms with Crippen molar-refractivity contribution in [2.45, 2.75) is 160 Å². The molecular formula is C52H75N9O17. The SMILES string of the molecule is CCC(C)C(NC(=O)C(CCC(=O)O)NC(=O)C(CC(=O)O)NC(=O)C(CC(=O)O)NC(=O)C(CC(C)C)NC(=O)C(N)Cc1ccccc1)C(=O)NC(C(=O)NC(Cc1ccccc1)C(=O)NC(C(=O)O)C(C)C)C(C)O. The maximum Gasteiger partial charge on any atom is 0.326 e. The molecule has 26 nitrogen and oxygen atoms in total. The molecule has 430 valence electrons. The fraction of sp³-hybridized carbons (Fsp3) is 0.538. The van der Waals surface area contributed by atoms with Gasteiger partial charge in [0, 0.05) is 12.8 Å². The van der Waals surface area contributed by atoms with Crippen LogP contribution in [0.1, 0.15) is 98.1 Å². The second-order valence-corrected chi connectivity index (χ2v) is 19.7. The van der Waals surface area contributed by atoms with Crippen LogP contribution in [-0.4, -0.2) is 157 Å². The van der Waals surface area contributed by atoms with Crippen LogP contribution in [0.25, 0.3) is 0 Å². The van der Waals surface area contributed by atoms with Gasteiger partial charge in [-0.05, 0) is 55.1 Å². The zero-order valence-corrected chi connectivity index (χ0v) is 44.6. The molecule has 2 aromatic carbocycles. The summed E-state index contributed by atoms with van der Waals surface area (Å²) in [4.78, 5) is 158. The summed E-state index contributed by atoms with van der Waals surface area (Å²) < 4.78 is 0. The highest BCUT2D eigenvalue weighted by molar-refractivity contribution is 5.99. The molecule has 0 spiro atoms. The Morgan fingerprint density at radius 3 is 1.29 bits per heavy atom. The van der Waals surface area contributed by atoms with Crippen LogP contribution >= 0.6 is 0 Å². The smallest absolute Gasteiger partial charge is 0.326 e. The van der Waals surface area contributed by atoms with Gasteiger partial charge in [0.2, 0.25) is 47.3 Å². The number of aliphatic hydroxyl groups excluding tert-OH is 1. The zero-order chi connectivity index (χ0) is 59.0. The number of carbonyl (C=O) groups excluding carboxylic acids is 8. The Morgan fingerprint density at radius 1 is 0.462 bits per heavy atom. The average Bonchev–Trinajstić information content (AvgIpc) is 3.35. The van der Waals surface area contributed by atoms with E-state index in [0.29, 0.717) is 5.56 Å². The van der Waals surface area contributed by atoms with Crippen LogP contribution in [0.4, 0.5) is 0 Å². The lowest BCUT2D eigenvalue weighted by atomic mass is 9.96. The Morgan fingerprint density at radius 2 is 0.859 bits per heavy atom. The highest BCUT2D eigenvalue weighted by Gasteiger charge is 2.38. The lowest BCUT2D eigenvalue weighted by Crippen LogP contribution is -2.63. The van der Waals surface area contributed by atoms with Gasteiger partial charge in [-0.3, -0.25) is 52.7 Å². The molecule has 0 radical (unpaired) electrons. The van der Waals surface area contributed by atoms with Gasteiger partial charge in [-0.2, -0.15) is 0 Å². The molecule has 2 rings (SSSR count). The Labute approximate surface area is 451 Å². The first-order chi connectivity index (χ1) is 36.5. The normalized spacial score (nSPS) is 15.4. The molecule has 0 aliphatic carbocycles. The van der Waals surface area contributed by atoms with E-state index in [4.69, 9.17) is 5.73 Å². The van der Waals surface area contributed by atoms with Crippen LogP contribution in [0, 0.1) is 17.8 Å². The van der Waals surface area contributed by atoms with Crippen LogP contribution in [-0.2, 0) is 70.4 Å². The quantitative estimate of drug-likeness (QED) is 0.0387. The molecule has 0 saturated heterocycles. The lowest BCUT2D eigenvalue weighted by molar-refractivity contribution is -0.144. The van der Waals surface area contributed by atoms with Gasteiger partial charge in [0.1, 0.15) is 48.3 Å². The van der Waals surface area contributed by atoms with Gasteiger partial charge < -0.3 is 73.8 Å². The maximum atomic E-state index is 14.1. The van der Waals surface area contributed by atoms with Crippen molar-refractivity contribution < 1.29 is 83.1 Å². The number of aliphatic carboxylic acids is 4. The first-order valence-electron chi connectivity index (χ1n) is 25.4. The van der Waals surface area contributed by atoms with Gasteiger partial charge in [0.05, 0.1) is 25.0 Å². The highest BCUT2D eigenvalue weighted by Crippen LogP contribution is 2.14. The monoisotopic (exact) mass is 1100 g/mol. The summed E-state index contributed by atoms with van der Waals surface area (Å²) in [6.07, 6.45) is -5.34. The van der Waals surface area contributed by atoms with E-state index in [0.717, 1.165) is 12.5 Å². The number of nitrogens with one attached hydrogen (secondary N) is 8. The predicted octanol–water partition coefficient (Wildman–Crippen LogP) is -1.29. The second kappa shape index (κ2) is 32.6. The Balaban J connectivity index is 2.41. The minimum atomic E-state index is -2.11. The number of benzene rings is 2. The van der Waals surface area contributed by atoms with Crippen molar-refractivity contribution in [3.05, 3.63) is 71.8 Å². The van der Waals surface area contributed by atoms with Gasteiger partial charge in [-0.1, -0.05) is 109 Å². The summed E-state index contributed by atoms with van der Waals surface area (Å²) in [6, 6.07) is 2.39. The third-order valence-electron chi connectivity index (χ3n) is 12.3. The number of rotatable bonds is 34. The molecule has 0 aliphatic heterocycles. The minimum Gasteiger partial charge on any atom is -0.481 e. The second-order valence-electron chi connectivity index (χ2n) is 19.7. The van der Waals surface area contributed by atoms with Crippen LogP contribution in [0.5, 0.6) is 0 Å². The van der Waals surface area contributed by atoms with Crippen molar-refractivity contribution in [3.8, 4) is 0 Å². The van der Waals surface area contributed by atoms with E-state index in [-0.39, 0.29) is 31.6 Å². The first-order valence-corrected chi connectivity index (χ1v) is 25.4. The summed E-state index contributed by atoms with van der Waals surface area (Å²) >= 11 is 0. The number of hydrogen-bond donors (Lipinski definition) is 14. The maximum absolute atomic E-state index is 14.1. The van der Waals surface area contributed by atoms with E-state index in [1.54, 1.807) is 95.3 Å². The third-order valence-corrected chi connectivity index (χ3v) is 12.3. The number of amides is 8. The molecule has 0 heterocycles. The van der Waals surface area contributed by atoms with Crippen molar-refractivity contribution in [1.29, 1.82) is 0 Å². The molecule has 0 aromatic heterocycles. The minimum absolute atomic E-state index is 0.0107. The van der Waals surface area contributed by atoms with Crippen LogP contribution in [0.2, 0.25) is 0 Å². The average molecular weight is 1100 g/mol. The van der Waals surface area contributed by atoms with Crippen molar-refractivity contribution in [2.24, 2.45) is 23.5 Å². The van der Waals surface area contributed by atoms with E-state index in [2.05, 4.69) is 42.5 Å². The fourth-order valence-corrected chi connectivity index (χ4v) is 7.76. The topological polar surface area (TPSA) is 428 Å². The van der Waals surface area contributed by atoms with Crippen LogP contribution < -0.4 is 48.3 Å². The molecule has 8 amide bonds. The van der Waals surface area contributed by atoms with E-state index < -0.39 is 169 Å². The van der Waals surface area contributed by atoms with Crippen molar-refractivity contribution >= 4 is 71.1 Å². The molecule has 0 bridgehead atoms. The van der Waals surface area contributed by atoms with E-state index in [1.165, 1.54) is 6.92 Å². The summed E-state index contributed by atoms with van der Waals surface area (Å²) in [6.45, 7) is 10.8.